The van der Waals surface area contributed by atoms with Gasteiger partial charge in [0.15, 0.2) is 0 Å². The monoisotopic (exact) mass is 530 g/mol. The van der Waals surface area contributed by atoms with Crippen LogP contribution in [0.25, 0.3) is 16.9 Å². The first kappa shape index (κ1) is 24.2. The first-order valence-corrected chi connectivity index (χ1v) is 12.9. The van der Waals surface area contributed by atoms with Gasteiger partial charge in [-0.2, -0.15) is 5.10 Å². The first-order valence-electron chi connectivity index (χ1n) is 11.0. The molecule has 0 saturated carbocycles. The Morgan fingerprint density at radius 3 is 2.19 bits per heavy atom. The number of para-hydroxylation sites is 1. The summed E-state index contributed by atoms with van der Waals surface area (Å²) in [4.78, 5) is 21.0. The van der Waals surface area contributed by atoms with Crippen LogP contribution >= 0.6 is 11.6 Å². The molecule has 9 nitrogen and oxygen atoms in total. The lowest BCUT2D eigenvalue weighted by Crippen LogP contribution is -2.15. The summed E-state index contributed by atoms with van der Waals surface area (Å²) in [7, 11) is -3.90. The molecule has 184 valence electrons. The molecule has 0 saturated heterocycles. The molecule has 0 atom stereocenters. The van der Waals surface area contributed by atoms with E-state index in [0.717, 1.165) is 11.3 Å². The van der Waals surface area contributed by atoms with Crippen LogP contribution < -0.4 is 10.0 Å². The molecule has 1 amide bonds. The SMILES string of the molecule is O=C(Nc1ccc(S(=O)(=O)Nc2ncccn2)cc1)c1cn(-c2ccccc2)nc1-c1ccc(Cl)cc1. The van der Waals surface area contributed by atoms with Crippen molar-refractivity contribution in [1.82, 2.24) is 19.7 Å². The Hall–Kier alpha value is -4.54. The van der Waals surface area contributed by atoms with E-state index in [1.54, 1.807) is 41.2 Å². The standard InChI is InChI=1S/C26H19ClN6O3S/c27-19-9-7-18(8-10-19)24-23(17-33(31-24)21-5-2-1-3-6-21)25(34)30-20-11-13-22(14-12-20)37(35,36)32-26-28-15-4-16-29-26/h1-17H,(H,30,34)(H,28,29,32). The molecule has 0 aliphatic rings. The Kier molecular flexibility index (Phi) is 6.67. The number of benzene rings is 3. The maximum atomic E-state index is 13.3. The highest BCUT2D eigenvalue weighted by atomic mass is 35.5. The van der Waals surface area contributed by atoms with Crippen LogP contribution in [0.2, 0.25) is 5.02 Å². The minimum atomic E-state index is -3.90. The number of carbonyl (C=O) groups is 1. The zero-order valence-electron chi connectivity index (χ0n) is 19.1. The molecule has 11 heteroatoms. The Bertz CT molecular complexity index is 1640. The molecule has 0 aliphatic carbocycles. The molecule has 0 bridgehead atoms. The van der Waals surface area contributed by atoms with E-state index in [-0.39, 0.29) is 10.8 Å². The Morgan fingerprint density at radius 2 is 1.51 bits per heavy atom. The van der Waals surface area contributed by atoms with Gasteiger partial charge >= 0.3 is 0 Å². The number of halogens is 1. The number of carbonyl (C=O) groups excluding carboxylic acids is 1. The lowest BCUT2D eigenvalue weighted by molar-refractivity contribution is 0.102. The second-order valence-electron chi connectivity index (χ2n) is 7.83. The zero-order chi connectivity index (χ0) is 25.8. The second-order valence-corrected chi connectivity index (χ2v) is 9.95. The van der Waals surface area contributed by atoms with Crippen molar-refractivity contribution in [1.29, 1.82) is 0 Å². The Balaban J connectivity index is 1.41. The van der Waals surface area contributed by atoms with Gasteiger partial charge in [-0.1, -0.05) is 41.9 Å². The third-order valence-electron chi connectivity index (χ3n) is 5.31. The lowest BCUT2D eigenvalue weighted by atomic mass is 10.1. The average Bonchev–Trinajstić information content (AvgIpc) is 3.36. The third kappa shape index (κ3) is 5.50. The first-order chi connectivity index (χ1) is 17.9. The van der Waals surface area contributed by atoms with Crippen LogP contribution in [0.15, 0.2) is 108 Å². The molecular formula is C26H19ClN6O3S. The number of anilines is 2. The summed E-state index contributed by atoms with van der Waals surface area (Å²) in [5, 5.41) is 8.03. The van der Waals surface area contributed by atoms with Crippen molar-refractivity contribution in [2.75, 3.05) is 10.0 Å². The van der Waals surface area contributed by atoms with E-state index < -0.39 is 15.9 Å². The Labute approximate surface area is 217 Å². The third-order valence-corrected chi connectivity index (χ3v) is 6.91. The minimum absolute atomic E-state index is 0.00305. The van der Waals surface area contributed by atoms with Crippen LogP contribution in [0.4, 0.5) is 11.6 Å². The molecule has 0 fully saturated rings. The summed E-state index contributed by atoms with van der Waals surface area (Å²) in [6.45, 7) is 0. The highest BCUT2D eigenvalue weighted by Gasteiger charge is 2.20. The maximum Gasteiger partial charge on any atom is 0.264 e. The number of aromatic nitrogens is 4. The summed E-state index contributed by atoms with van der Waals surface area (Å²) in [5.41, 5.74) is 2.74. The number of amides is 1. The number of nitrogens with one attached hydrogen (secondary N) is 2. The van der Waals surface area contributed by atoms with E-state index in [0.29, 0.717) is 22.0 Å². The minimum Gasteiger partial charge on any atom is -0.322 e. The van der Waals surface area contributed by atoms with E-state index >= 15 is 0 Å². The summed E-state index contributed by atoms with van der Waals surface area (Å²) < 4.78 is 29.2. The van der Waals surface area contributed by atoms with Gasteiger partial charge in [-0.3, -0.25) is 4.79 Å². The predicted octanol–water partition coefficient (Wildman–Crippen LogP) is 5.04. The van der Waals surface area contributed by atoms with Gasteiger partial charge in [0.2, 0.25) is 5.95 Å². The van der Waals surface area contributed by atoms with Crippen LogP contribution in [-0.4, -0.2) is 34.1 Å². The largest absolute Gasteiger partial charge is 0.322 e. The fourth-order valence-corrected chi connectivity index (χ4v) is 4.60. The van der Waals surface area contributed by atoms with Gasteiger partial charge in [-0.05, 0) is 54.6 Å². The lowest BCUT2D eigenvalue weighted by Gasteiger charge is -2.08. The molecule has 2 aromatic heterocycles. The quantitative estimate of drug-likeness (QED) is 0.304. The van der Waals surface area contributed by atoms with Gasteiger partial charge in [-0.15, -0.1) is 0 Å². The fraction of sp³-hybridized carbons (Fsp3) is 0. The fourth-order valence-electron chi connectivity index (χ4n) is 3.52. The van der Waals surface area contributed by atoms with E-state index in [9.17, 15) is 13.2 Å². The van der Waals surface area contributed by atoms with Gasteiger partial charge in [0, 0.05) is 34.9 Å². The van der Waals surface area contributed by atoms with Gasteiger partial charge in [0.05, 0.1) is 16.1 Å². The highest BCUT2D eigenvalue weighted by Crippen LogP contribution is 2.26. The van der Waals surface area contributed by atoms with Crippen molar-refractivity contribution >= 4 is 39.2 Å². The molecule has 5 aromatic rings. The Morgan fingerprint density at radius 1 is 0.838 bits per heavy atom. The molecule has 0 aliphatic heterocycles. The maximum absolute atomic E-state index is 13.3. The van der Waals surface area contributed by atoms with Gasteiger partial charge in [0.25, 0.3) is 15.9 Å². The molecule has 0 spiro atoms. The summed E-state index contributed by atoms with van der Waals surface area (Å²) in [6.07, 6.45) is 4.51. The van der Waals surface area contributed by atoms with Crippen molar-refractivity contribution in [3.8, 4) is 16.9 Å². The van der Waals surface area contributed by atoms with E-state index in [1.807, 2.05) is 30.3 Å². The van der Waals surface area contributed by atoms with Crippen LogP contribution in [0.5, 0.6) is 0 Å². The highest BCUT2D eigenvalue weighted by molar-refractivity contribution is 7.92. The van der Waals surface area contributed by atoms with Crippen LogP contribution in [0.3, 0.4) is 0 Å². The topological polar surface area (TPSA) is 119 Å². The molecule has 0 radical (unpaired) electrons. The molecular weight excluding hydrogens is 512 g/mol. The molecule has 2 N–H and O–H groups in total. The summed E-state index contributed by atoms with van der Waals surface area (Å²) >= 11 is 6.04. The van der Waals surface area contributed by atoms with Gasteiger partial charge in [0.1, 0.15) is 5.69 Å². The van der Waals surface area contributed by atoms with E-state index in [4.69, 9.17) is 11.6 Å². The van der Waals surface area contributed by atoms with Gasteiger partial charge < -0.3 is 5.32 Å². The van der Waals surface area contributed by atoms with Crippen LogP contribution in [0.1, 0.15) is 10.4 Å². The number of hydrogen-bond acceptors (Lipinski definition) is 6. The molecule has 37 heavy (non-hydrogen) atoms. The number of nitrogens with zero attached hydrogens (tertiary/aromatic N) is 4. The molecule has 2 heterocycles. The predicted molar refractivity (Wildman–Crippen MR) is 141 cm³/mol. The van der Waals surface area contributed by atoms with Crippen LogP contribution in [0, 0.1) is 0 Å². The van der Waals surface area contributed by atoms with E-state index in [1.165, 1.54) is 36.7 Å². The second kappa shape index (κ2) is 10.2. The summed E-state index contributed by atoms with van der Waals surface area (Å²) in [5.74, 6) is -0.441. The summed E-state index contributed by atoms with van der Waals surface area (Å²) in [6, 6.07) is 23.8. The van der Waals surface area contributed by atoms with Gasteiger partial charge in [-0.25, -0.2) is 27.8 Å². The van der Waals surface area contributed by atoms with Crippen molar-refractivity contribution < 1.29 is 13.2 Å². The number of hydrogen-bond donors (Lipinski definition) is 2. The van der Waals surface area contributed by atoms with Crippen molar-refractivity contribution in [3.63, 3.8) is 0 Å². The molecule has 3 aromatic carbocycles. The zero-order valence-corrected chi connectivity index (χ0v) is 20.7. The van der Waals surface area contributed by atoms with E-state index in [2.05, 4.69) is 25.1 Å². The van der Waals surface area contributed by atoms with Crippen molar-refractivity contribution in [2.45, 2.75) is 4.90 Å². The number of sulfonamides is 1. The van der Waals surface area contributed by atoms with Crippen molar-refractivity contribution in [2.24, 2.45) is 0 Å². The smallest absolute Gasteiger partial charge is 0.264 e. The molecule has 5 rings (SSSR count). The van der Waals surface area contributed by atoms with Crippen LogP contribution in [-0.2, 0) is 10.0 Å². The van der Waals surface area contributed by atoms with Crippen molar-refractivity contribution in [3.05, 3.63) is 114 Å². The normalized spacial score (nSPS) is 11.2. The molecule has 0 unspecified atom stereocenters. The number of rotatable bonds is 7. The average molecular weight is 531 g/mol.